The molecule has 0 aliphatic rings. The van der Waals surface area contributed by atoms with E-state index in [9.17, 15) is 0 Å². The number of aromatic nitrogens is 3. The largest absolute Gasteiger partial charge is 0.439 e. The van der Waals surface area contributed by atoms with Crippen molar-refractivity contribution in [2.24, 2.45) is 0 Å². The molecule has 0 N–H and O–H groups in total. The molecule has 2 aromatic rings. The van der Waals surface area contributed by atoms with Crippen LogP contribution in [0.15, 0.2) is 28.9 Å². The second-order valence-corrected chi connectivity index (χ2v) is 2.35. The van der Waals surface area contributed by atoms with Crippen molar-refractivity contribution in [1.82, 2.24) is 15.2 Å². The molecule has 0 aromatic carbocycles. The van der Waals surface area contributed by atoms with E-state index in [4.69, 9.17) is 4.42 Å². The molecule has 0 aliphatic carbocycles. The first-order valence-corrected chi connectivity index (χ1v) is 3.57. The average Bonchev–Trinajstić information content (AvgIpc) is 2.54. The van der Waals surface area contributed by atoms with E-state index in [2.05, 4.69) is 15.2 Å². The standard InChI is InChI=1S/C8H7N3O/c1-6-9-5-8(12-6)7-3-2-4-10-11-7/h2-5H,1H3. The SMILES string of the molecule is Cc1ncc(-c2cccnn2)o1. The number of nitrogens with zero attached hydrogens (tertiary/aromatic N) is 3. The van der Waals surface area contributed by atoms with Gasteiger partial charge >= 0.3 is 0 Å². The van der Waals surface area contributed by atoms with Crippen molar-refractivity contribution < 1.29 is 4.42 Å². The zero-order valence-corrected chi connectivity index (χ0v) is 6.56. The molecule has 0 saturated heterocycles. The van der Waals surface area contributed by atoms with E-state index >= 15 is 0 Å². The van der Waals surface area contributed by atoms with E-state index in [0.717, 1.165) is 0 Å². The van der Waals surface area contributed by atoms with Gasteiger partial charge in [0.2, 0.25) is 0 Å². The maximum absolute atomic E-state index is 5.26. The van der Waals surface area contributed by atoms with E-state index < -0.39 is 0 Å². The van der Waals surface area contributed by atoms with Gasteiger partial charge in [0.1, 0.15) is 5.69 Å². The molecular formula is C8H7N3O. The van der Waals surface area contributed by atoms with Gasteiger partial charge in [0.25, 0.3) is 0 Å². The molecule has 2 heterocycles. The summed E-state index contributed by atoms with van der Waals surface area (Å²) in [7, 11) is 0. The lowest BCUT2D eigenvalue weighted by atomic mass is 10.3. The summed E-state index contributed by atoms with van der Waals surface area (Å²) in [6.07, 6.45) is 3.26. The Labute approximate surface area is 69.3 Å². The maximum Gasteiger partial charge on any atom is 0.191 e. The Morgan fingerprint density at radius 1 is 1.42 bits per heavy atom. The Balaban J connectivity index is 2.45. The summed E-state index contributed by atoms with van der Waals surface area (Å²) in [4.78, 5) is 3.96. The maximum atomic E-state index is 5.26. The molecular weight excluding hydrogens is 154 g/mol. The highest BCUT2D eigenvalue weighted by Crippen LogP contribution is 2.15. The van der Waals surface area contributed by atoms with Crippen LogP contribution < -0.4 is 0 Å². The van der Waals surface area contributed by atoms with Gasteiger partial charge < -0.3 is 4.42 Å². The second kappa shape index (κ2) is 2.73. The fourth-order valence-corrected chi connectivity index (χ4v) is 0.913. The first-order valence-electron chi connectivity index (χ1n) is 3.57. The zero-order chi connectivity index (χ0) is 8.39. The molecule has 4 heteroatoms. The summed E-state index contributed by atoms with van der Waals surface area (Å²) >= 11 is 0. The van der Waals surface area contributed by atoms with Gasteiger partial charge in [-0.25, -0.2) is 4.98 Å². The highest BCUT2D eigenvalue weighted by molar-refractivity contribution is 5.48. The predicted molar refractivity (Wildman–Crippen MR) is 42.3 cm³/mol. The minimum absolute atomic E-state index is 0.635. The first kappa shape index (κ1) is 6.97. The fourth-order valence-electron chi connectivity index (χ4n) is 0.913. The van der Waals surface area contributed by atoms with Crippen LogP contribution >= 0.6 is 0 Å². The lowest BCUT2D eigenvalue weighted by molar-refractivity contribution is 0.532. The van der Waals surface area contributed by atoms with Gasteiger partial charge in [-0.05, 0) is 12.1 Å². The summed E-state index contributed by atoms with van der Waals surface area (Å²) in [6.45, 7) is 1.79. The highest BCUT2D eigenvalue weighted by atomic mass is 16.4. The van der Waals surface area contributed by atoms with Crippen LogP contribution in [0.5, 0.6) is 0 Å². The summed E-state index contributed by atoms with van der Waals surface area (Å²) in [6, 6.07) is 3.63. The van der Waals surface area contributed by atoms with E-state index in [-0.39, 0.29) is 0 Å². The summed E-state index contributed by atoms with van der Waals surface area (Å²) in [5.74, 6) is 1.29. The van der Waals surface area contributed by atoms with Crippen molar-refractivity contribution >= 4 is 0 Å². The Morgan fingerprint density at radius 3 is 2.92 bits per heavy atom. The lowest BCUT2D eigenvalue weighted by Gasteiger charge is -1.90. The monoisotopic (exact) mass is 161 g/mol. The van der Waals surface area contributed by atoms with E-state index in [1.807, 2.05) is 6.07 Å². The molecule has 2 rings (SSSR count). The molecule has 2 aromatic heterocycles. The molecule has 0 atom stereocenters. The summed E-state index contributed by atoms with van der Waals surface area (Å²) in [5, 5.41) is 7.61. The topological polar surface area (TPSA) is 51.8 Å². The molecule has 0 radical (unpaired) electrons. The van der Waals surface area contributed by atoms with Crippen molar-refractivity contribution in [3.63, 3.8) is 0 Å². The number of hydrogen-bond acceptors (Lipinski definition) is 4. The average molecular weight is 161 g/mol. The van der Waals surface area contributed by atoms with Crippen LogP contribution in [0.25, 0.3) is 11.5 Å². The molecule has 0 fully saturated rings. The van der Waals surface area contributed by atoms with Gasteiger partial charge in [-0.2, -0.15) is 5.10 Å². The summed E-state index contributed by atoms with van der Waals surface area (Å²) < 4.78 is 5.26. The fraction of sp³-hybridized carbons (Fsp3) is 0.125. The van der Waals surface area contributed by atoms with Gasteiger partial charge in [0.15, 0.2) is 11.7 Å². The van der Waals surface area contributed by atoms with Crippen LogP contribution in [0, 0.1) is 6.92 Å². The van der Waals surface area contributed by atoms with Crippen LogP contribution in [0.3, 0.4) is 0 Å². The van der Waals surface area contributed by atoms with Gasteiger partial charge in [0.05, 0.1) is 6.20 Å². The molecule has 0 amide bonds. The van der Waals surface area contributed by atoms with Gasteiger partial charge in [-0.1, -0.05) is 0 Å². The summed E-state index contributed by atoms with van der Waals surface area (Å²) in [5.41, 5.74) is 0.707. The first-order chi connectivity index (χ1) is 5.86. The zero-order valence-electron chi connectivity index (χ0n) is 6.56. The second-order valence-electron chi connectivity index (χ2n) is 2.35. The number of aryl methyl sites for hydroxylation is 1. The van der Waals surface area contributed by atoms with Crippen molar-refractivity contribution in [2.45, 2.75) is 6.92 Å². The molecule has 12 heavy (non-hydrogen) atoms. The minimum Gasteiger partial charge on any atom is -0.439 e. The lowest BCUT2D eigenvalue weighted by Crippen LogP contribution is -1.82. The Hall–Kier alpha value is -1.71. The molecule has 0 bridgehead atoms. The van der Waals surface area contributed by atoms with Crippen LogP contribution in [-0.2, 0) is 0 Å². The van der Waals surface area contributed by atoms with Crippen LogP contribution in [0.1, 0.15) is 5.89 Å². The molecule has 4 nitrogen and oxygen atoms in total. The van der Waals surface area contributed by atoms with Crippen LogP contribution in [-0.4, -0.2) is 15.2 Å². The van der Waals surface area contributed by atoms with Gasteiger partial charge in [-0.15, -0.1) is 5.10 Å². The minimum atomic E-state index is 0.635. The normalized spacial score (nSPS) is 10.1. The Kier molecular flexibility index (Phi) is 1.59. The number of rotatable bonds is 1. The van der Waals surface area contributed by atoms with Crippen molar-refractivity contribution in [3.05, 3.63) is 30.4 Å². The van der Waals surface area contributed by atoms with E-state index in [0.29, 0.717) is 17.3 Å². The molecule has 0 spiro atoms. The smallest absolute Gasteiger partial charge is 0.191 e. The predicted octanol–water partition coefficient (Wildman–Crippen LogP) is 1.44. The van der Waals surface area contributed by atoms with E-state index in [1.54, 1.807) is 25.4 Å². The van der Waals surface area contributed by atoms with E-state index in [1.165, 1.54) is 0 Å². The molecule has 0 aliphatic heterocycles. The third kappa shape index (κ3) is 1.18. The molecule has 0 saturated carbocycles. The van der Waals surface area contributed by atoms with Crippen LogP contribution in [0.2, 0.25) is 0 Å². The van der Waals surface area contributed by atoms with Gasteiger partial charge in [0, 0.05) is 13.1 Å². The Bertz CT molecular complexity index is 369. The molecule has 60 valence electrons. The van der Waals surface area contributed by atoms with Gasteiger partial charge in [-0.3, -0.25) is 0 Å². The number of oxazole rings is 1. The third-order valence-corrected chi connectivity index (χ3v) is 1.45. The third-order valence-electron chi connectivity index (χ3n) is 1.45. The highest BCUT2D eigenvalue weighted by Gasteiger charge is 2.03. The quantitative estimate of drug-likeness (QED) is 0.635. The van der Waals surface area contributed by atoms with Crippen molar-refractivity contribution in [3.8, 4) is 11.5 Å². The molecule has 0 unspecified atom stereocenters. The van der Waals surface area contributed by atoms with Crippen molar-refractivity contribution in [1.29, 1.82) is 0 Å². The van der Waals surface area contributed by atoms with Crippen molar-refractivity contribution in [2.75, 3.05) is 0 Å². The van der Waals surface area contributed by atoms with Crippen LogP contribution in [0.4, 0.5) is 0 Å². The Morgan fingerprint density at radius 2 is 2.33 bits per heavy atom. The number of hydrogen-bond donors (Lipinski definition) is 0.